The fourth-order valence-electron chi connectivity index (χ4n) is 3.16. The van der Waals surface area contributed by atoms with Gasteiger partial charge in [-0.15, -0.1) is 0 Å². The van der Waals surface area contributed by atoms with Gasteiger partial charge < -0.3 is 24.4 Å². The SMILES string of the molecule is Oc1cncc(-c2cc(N3CCOCC3)nc(N3CCOCC3)c2)c1. The van der Waals surface area contributed by atoms with Crippen LogP contribution in [0.4, 0.5) is 11.6 Å². The van der Waals surface area contributed by atoms with Crippen molar-refractivity contribution >= 4 is 11.6 Å². The Morgan fingerprint density at radius 1 is 0.760 bits per heavy atom. The molecule has 0 aromatic carbocycles. The zero-order valence-corrected chi connectivity index (χ0v) is 14.1. The summed E-state index contributed by atoms with van der Waals surface area (Å²) in [6.45, 7) is 6.18. The number of pyridine rings is 2. The van der Waals surface area contributed by atoms with Crippen molar-refractivity contribution in [2.24, 2.45) is 0 Å². The fourth-order valence-corrected chi connectivity index (χ4v) is 3.16. The van der Waals surface area contributed by atoms with E-state index in [0.29, 0.717) is 26.4 Å². The summed E-state index contributed by atoms with van der Waals surface area (Å²) in [6.07, 6.45) is 3.21. The van der Waals surface area contributed by atoms with Gasteiger partial charge in [-0.2, -0.15) is 0 Å². The Bertz CT molecular complexity index is 692. The highest BCUT2D eigenvalue weighted by atomic mass is 16.5. The van der Waals surface area contributed by atoms with Gasteiger partial charge in [-0.05, 0) is 23.8 Å². The third-order valence-electron chi connectivity index (χ3n) is 4.53. The maximum absolute atomic E-state index is 9.78. The van der Waals surface area contributed by atoms with E-state index in [1.165, 1.54) is 6.20 Å². The molecule has 0 radical (unpaired) electrons. The molecule has 132 valence electrons. The Balaban J connectivity index is 1.73. The molecule has 7 heteroatoms. The second-order valence-corrected chi connectivity index (χ2v) is 6.20. The highest BCUT2D eigenvalue weighted by Gasteiger charge is 2.19. The van der Waals surface area contributed by atoms with Crippen LogP contribution >= 0.6 is 0 Å². The van der Waals surface area contributed by atoms with Crippen LogP contribution in [0.2, 0.25) is 0 Å². The lowest BCUT2D eigenvalue weighted by Crippen LogP contribution is -2.39. The molecular weight excluding hydrogens is 320 g/mol. The first kappa shape index (κ1) is 16.1. The lowest BCUT2D eigenvalue weighted by atomic mass is 10.1. The zero-order valence-electron chi connectivity index (χ0n) is 14.1. The smallest absolute Gasteiger partial charge is 0.134 e. The van der Waals surface area contributed by atoms with Crippen molar-refractivity contribution in [2.45, 2.75) is 0 Å². The molecule has 0 aliphatic carbocycles. The Morgan fingerprint density at radius 2 is 1.32 bits per heavy atom. The second kappa shape index (κ2) is 7.25. The van der Waals surface area contributed by atoms with Crippen LogP contribution in [-0.2, 0) is 9.47 Å². The van der Waals surface area contributed by atoms with Gasteiger partial charge in [-0.1, -0.05) is 0 Å². The van der Waals surface area contributed by atoms with Crippen molar-refractivity contribution in [3.8, 4) is 16.9 Å². The van der Waals surface area contributed by atoms with E-state index in [1.54, 1.807) is 12.3 Å². The lowest BCUT2D eigenvalue weighted by Gasteiger charge is -2.32. The van der Waals surface area contributed by atoms with Crippen LogP contribution < -0.4 is 9.80 Å². The zero-order chi connectivity index (χ0) is 17.1. The summed E-state index contributed by atoms with van der Waals surface area (Å²) < 4.78 is 10.9. The van der Waals surface area contributed by atoms with E-state index in [0.717, 1.165) is 48.9 Å². The van der Waals surface area contributed by atoms with Gasteiger partial charge in [0.15, 0.2) is 0 Å². The molecule has 2 aromatic heterocycles. The Labute approximate surface area is 146 Å². The first-order valence-electron chi connectivity index (χ1n) is 8.61. The van der Waals surface area contributed by atoms with Crippen LogP contribution in [0.1, 0.15) is 0 Å². The number of ether oxygens (including phenoxy) is 2. The Hall–Kier alpha value is -2.38. The van der Waals surface area contributed by atoms with E-state index in [1.807, 2.05) is 0 Å². The van der Waals surface area contributed by atoms with Crippen LogP contribution in [0.15, 0.2) is 30.6 Å². The highest BCUT2D eigenvalue weighted by Crippen LogP contribution is 2.30. The predicted molar refractivity (Wildman–Crippen MR) is 95.2 cm³/mol. The van der Waals surface area contributed by atoms with Gasteiger partial charge in [0, 0.05) is 37.9 Å². The molecule has 0 amide bonds. The molecule has 7 nitrogen and oxygen atoms in total. The molecule has 0 atom stereocenters. The van der Waals surface area contributed by atoms with Crippen LogP contribution in [0, 0.1) is 0 Å². The van der Waals surface area contributed by atoms with Crippen LogP contribution in [0.3, 0.4) is 0 Å². The first-order valence-corrected chi connectivity index (χ1v) is 8.61. The van der Waals surface area contributed by atoms with Gasteiger partial charge in [-0.25, -0.2) is 4.98 Å². The monoisotopic (exact) mass is 342 g/mol. The van der Waals surface area contributed by atoms with Gasteiger partial charge in [0.2, 0.25) is 0 Å². The number of aromatic nitrogens is 2. The molecular formula is C18H22N4O3. The maximum atomic E-state index is 9.78. The third-order valence-corrected chi connectivity index (χ3v) is 4.53. The van der Waals surface area contributed by atoms with Crippen molar-refractivity contribution in [3.63, 3.8) is 0 Å². The normalized spacial score (nSPS) is 18.4. The number of hydrogen-bond donors (Lipinski definition) is 1. The predicted octanol–water partition coefficient (Wildman–Crippen LogP) is 1.52. The lowest BCUT2D eigenvalue weighted by molar-refractivity contribution is 0.121. The number of anilines is 2. The summed E-state index contributed by atoms with van der Waals surface area (Å²) in [5, 5.41) is 9.78. The molecule has 2 aliphatic heterocycles. The summed E-state index contributed by atoms with van der Waals surface area (Å²) in [4.78, 5) is 13.5. The number of rotatable bonds is 3. The molecule has 25 heavy (non-hydrogen) atoms. The molecule has 2 saturated heterocycles. The summed E-state index contributed by atoms with van der Waals surface area (Å²) in [6, 6.07) is 5.85. The molecule has 0 unspecified atom stereocenters. The summed E-state index contributed by atoms with van der Waals surface area (Å²) >= 11 is 0. The molecule has 4 heterocycles. The minimum Gasteiger partial charge on any atom is -0.506 e. The topological polar surface area (TPSA) is 71.0 Å². The van der Waals surface area contributed by atoms with E-state index in [9.17, 15) is 5.11 Å². The Morgan fingerprint density at radius 3 is 1.84 bits per heavy atom. The summed E-state index contributed by atoms with van der Waals surface area (Å²) in [5.74, 6) is 2.03. The molecule has 0 spiro atoms. The van der Waals surface area contributed by atoms with E-state index in [-0.39, 0.29) is 5.75 Å². The highest BCUT2D eigenvalue weighted by molar-refractivity contribution is 5.71. The first-order chi connectivity index (χ1) is 12.3. The number of hydrogen-bond acceptors (Lipinski definition) is 7. The average Bonchev–Trinajstić information content (AvgIpc) is 2.69. The van der Waals surface area contributed by atoms with Crippen LogP contribution in [0.5, 0.6) is 5.75 Å². The largest absolute Gasteiger partial charge is 0.506 e. The summed E-state index contributed by atoms with van der Waals surface area (Å²) in [7, 11) is 0. The maximum Gasteiger partial charge on any atom is 0.134 e. The van der Waals surface area contributed by atoms with Crippen molar-refractivity contribution in [3.05, 3.63) is 30.6 Å². The van der Waals surface area contributed by atoms with Gasteiger partial charge in [0.1, 0.15) is 17.4 Å². The number of nitrogens with zero attached hydrogens (tertiary/aromatic N) is 4. The van der Waals surface area contributed by atoms with E-state index in [2.05, 4.69) is 26.9 Å². The quantitative estimate of drug-likeness (QED) is 0.907. The van der Waals surface area contributed by atoms with Crippen LogP contribution in [-0.4, -0.2) is 67.7 Å². The second-order valence-electron chi connectivity index (χ2n) is 6.20. The van der Waals surface area contributed by atoms with Gasteiger partial charge in [-0.3, -0.25) is 4.98 Å². The molecule has 1 N–H and O–H groups in total. The van der Waals surface area contributed by atoms with E-state index < -0.39 is 0 Å². The van der Waals surface area contributed by atoms with Crippen LogP contribution in [0.25, 0.3) is 11.1 Å². The molecule has 2 aliphatic rings. The summed E-state index contributed by atoms with van der Waals surface area (Å²) in [5.41, 5.74) is 1.88. The fraction of sp³-hybridized carbons (Fsp3) is 0.444. The van der Waals surface area contributed by atoms with E-state index >= 15 is 0 Å². The standard InChI is InChI=1S/C18H22N4O3/c23-16-9-15(12-19-13-16)14-10-17(21-1-5-24-6-2-21)20-18(11-14)22-3-7-25-8-4-22/h9-13,23H,1-8H2. The molecule has 2 aromatic rings. The van der Waals surface area contributed by atoms with Gasteiger partial charge in [0.05, 0.1) is 32.6 Å². The van der Waals surface area contributed by atoms with Crippen molar-refractivity contribution in [2.75, 3.05) is 62.4 Å². The van der Waals surface area contributed by atoms with E-state index in [4.69, 9.17) is 14.5 Å². The molecule has 0 bridgehead atoms. The van der Waals surface area contributed by atoms with Crippen molar-refractivity contribution in [1.29, 1.82) is 0 Å². The molecule has 4 rings (SSSR count). The minimum atomic E-state index is 0.162. The molecule has 2 fully saturated rings. The van der Waals surface area contributed by atoms with Gasteiger partial charge >= 0.3 is 0 Å². The minimum absolute atomic E-state index is 0.162. The Kier molecular flexibility index (Phi) is 4.67. The molecule has 0 saturated carbocycles. The van der Waals surface area contributed by atoms with Gasteiger partial charge in [0.25, 0.3) is 0 Å². The van der Waals surface area contributed by atoms with Crippen molar-refractivity contribution < 1.29 is 14.6 Å². The number of aromatic hydroxyl groups is 1. The number of morpholine rings is 2. The van der Waals surface area contributed by atoms with Crippen molar-refractivity contribution in [1.82, 2.24) is 9.97 Å². The third kappa shape index (κ3) is 3.67. The average molecular weight is 342 g/mol.